The molecule has 3 N–H and O–H groups in total. The molecular weight excluding hydrogens is 577 g/mol. The zero-order valence-corrected chi connectivity index (χ0v) is 26.2. The highest BCUT2D eigenvalue weighted by atomic mass is 32.3. The van der Waals surface area contributed by atoms with Crippen LogP contribution in [-0.4, -0.2) is 35.0 Å². The number of nitrogens with zero attached hydrogens (tertiary/aromatic N) is 1. The van der Waals surface area contributed by atoms with Crippen molar-refractivity contribution in [1.82, 2.24) is 0 Å². The van der Waals surface area contributed by atoms with Crippen LogP contribution in [0.5, 0.6) is 0 Å². The maximum atomic E-state index is 11.8. The predicted molar refractivity (Wildman–Crippen MR) is 168 cm³/mol. The van der Waals surface area contributed by atoms with Gasteiger partial charge in [0.1, 0.15) is 4.21 Å². The summed E-state index contributed by atoms with van der Waals surface area (Å²) in [5, 5.41) is 18.4. The van der Waals surface area contributed by atoms with Crippen molar-refractivity contribution in [3.8, 4) is 0 Å². The highest BCUT2D eigenvalue weighted by Gasteiger charge is 2.50. The summed E-state index contributed by atoms with van der Waals surface area (Å²) in [5.41, 5.74) is 2.72. The van der Waals surface area contributed by atoms with Crippen LogP contribution in [0.25, 0.3) is 0 Å². The number of aliphatic hydroxyl groups excluding tert-OH is 1. The van der Waals surface area contributed by atoms with Crippen molar-refractivity contribution in [2.24, 2.45) is 5.14 Å². The smallest absolute Gasteiger partial charge is 0.261 e. The summed E-state index contributed by atoms with van der Waals surface area (Å²) < 4.78 is 33.4. The normalized spacial score (nSPS) is 16.1. The van der Waals surface area contributed by atoms with Crippen LogP contribution in [0, 0.1) is 0 Å². The van der Waals surface area contributed by atoms with Gasteiger partial charge in [0.2, 0.25) is 10.0 Å². The summed E-state index contributed by atoms with van der Waals surface area (Å²) in [7, 11) is -6.39. The number of anilines is 1. The number of rotatable bonds is 8. The molecular formula is C30H34N2O4S3Si. The first-order valence-electron chi connectivity index (χ1n) is 13.1. The summed E-state index contributed by atoms with van der Waals surface area (Å²) in [6, 6.07) is 31.0. The van der Waals surface area contributed by atoms with Crippen LogP contribution >= 0.6 is 23.3 Å². The molecule has 40 heavy (non-hydrogen) atoms. The van der Waals surface area contributed by atoms with Gasteiger partial charge in [0, 0.05) is 17.9 Å². The second kappa shape index (κ2) is 11.4. The van der Waals surface area contributed by atoms with E-state index in [2.05, 4.69) is 93.6 Å². The molecule has 2 heterocycles. The van der Waals surface area contributed by atoms with Crippen molar-refractivity contribution in [3.63, 3.8) is 0 Å². The molecule has 0 spiro atoms. The van der Waals surface area contributed by atoms with Gasteiger partial charge in [-0.2, -0.15) is 0 Å². The number of β-amino-alcohol motifs (C(OH)–C–C–N with tert-alkyl or cyclic N) is 1. The quantitative estimate of drug-likeness (QED) is 0.214. The fraction of sp³-hybridized carbons (Fsp3) is 0.267. The highest BCUT2D eigenvalue weighted by molar-refractivity contribution is 8.03. The minimum Gasteiger partial charge on any atom is -0.407 e. The number of fused-ring (bicyclic) bond motifs is 1. The molecule has 0 saturated carbocycles. The first-order chi connectivity index (χ1) is 19.0. The number of benzene rings is 3. The van der Waals surface area contributed by atoms with Gasteiger partial charge in [-0.15, -0.1) is 11.3 Å². The minimum absolute atomic E-state index is 0.0714. The van der Waals surface area contributed by atoms with E-state index in [-0.39, 0.29) is 9.25 Å². The number of primary sulfonamides is 1. The lowest BCUT2D eigenvalue weighted by atomic mass is 10.1. The van der Waals surface area contributed by atoms with Crippen LogP contribution < -0.4 is 19.8 Å². The number of aliphatic hydroxyl groups is 1. The Hall–Kier alpha value is -2.44. The third-order valence-corrected chi connectivity index (χ3v) is 16.1. The van der Waals surface area contributed by atoms with Gasteiger partial charge in [-0.05, 0) is 57.5 Å². The number of sulfonamides is 1. The number of thiophene rings is 1. The van der Waals surface area contributed by atoms with Crippen molar-refractivity contribution >= 4 is 57.7 Å². The summed E-state index contributed by atoms with van der Waals surface area (Å²) in [5.74, 6) is 0. The fourth-order valence-electron chi connectivity index (χ4n) is 5.27. The Morgan fingerprint density at radius 3 is 2.08 bits per heavy atom. The van der Waals surface area contributed by atoms with Gasteiger partial charge in [0.25, 0.3) is 8.32 Å². The van der Waals surface area contributed by atoms with Gasteiger partial charge < -0.3 is 13.8 Å². The molecule has 3 aromatic carbocycles. The number of hydrogen-bond acceptors (Lipinski definition) is 7. The molecule has 4 aromatic rings. The Kier molecular flexibility index (Phi) is 8.31. The Morgan fingerprint density at radius 1 is 0.975 bits per heavy atom. The maximum Gasteiger partial charge on any atom is 0.261 e. The zero-order chi connectivity index (χ0) is 28.5. The second-order valence-corrected chi connectivity index (χ2v) is 19.4. The van der Waals surface area contributed by atoms with E-state index in [1.165, 1.54) is 28.4 Å². The second-order valence-electron chi connectivity index (χ2n) is 10.9. The van der Waals surface area contributed by atoms with Crippen molar-refractivity contribution in [1.29, 1.82) is 0 Å². The molecule has 0 bridgehead atoms. The van der Waals surface area contributed by atoms with Crippen molar-refractivity contribution in [2.45, 2.75) is 46.8 Å². The van der Waals surface area contributed by atoms with E-state index in [9.17, 15) is 13.5 Å². The van der Waals surface area contributed by atoms with Crippen LogP contribution in [0.2, 0.25) is 5.04 Å². The molecule has 6 nitrogen and oxygen atoms in total. The monoisotopic (exact) mass is 610 g/mol. The summed E-state index contributed by atoms with van der Waals surface area (Å²) in [6.07, 6.45) is -0.0182. The average Bonchev–Trinajstić information content (AvgIpc) is 3.38. The third kappa shape index (κ3) is 5.80. The molecule has 1 unspecified atom stereocenters. The molecule has 210 valence electrons. The molecule has 0 amide bonds. The Balaban J connectivity index is 1.32. The van der Waals surface area contributed by atoms with Gasteiger partial charge in [0.05, 0.1) is 16.9 Å². The lowest BCUT2D eigenvalue weighted by Crippen LogP contribution is -2.66. The van der Waals surface area contributed by atoms with Gasteiger partial charge in [0.15, 0.2) is 0 Å². The predicted octanol–water partition coefficient (Wildman–Crippen LogP) is 5.08. The van der Waals surface area contributed by atoms with Crippen molar-refractivity contribution in [2.75, 3.05) is 17.5 Å². The van der Waals surface area contributed by atoms with E-state index >= 15 is 0 Å². The Labute approximate surface area is 246 Å². The van der Waals surface area contributed by atoms with Crippen LogP contribution in [0.15, 0.2) is 99.4 Å². The molecule has 5 rings (SSSR count). The fourth-order valence-corrected chi connectivity index (χ4v) is 13.3. The Morgan fingerprint density at radius 2 is 1.55 bits per heavy atom. The van der Waals surface area contributed by atoms with Gasteiger partial charge in [-0.1, -0.05) is 93.6 Å². The first kappa shape index (κ1) is 29.1. The van der Waals surface area contributed by atoms with Crippen LogP contribution in [0.1, 0.15) is 38.0 Å². The molecule has 0 aliphatic carbocycles. The topological polar surface area (TPSA) is 92.9 Å². The van der Waals surface area contributed by atoms with Crippen molar-refractivity contribution in [3.05, 3.63) is 102 Å². The van der Waals surface area contributed by atoms with E-state index < -0.39 is 24.4 Å². The minimum atomic E-state index is -3.81. The van der Waals surface area contributed by atoms with Crippen molar-refractivity contribution < 1.29 is 18.0 Å². The molecule has 0 radical (unpaired) electrons. The maximum absolute atomic E-state index is 11.8. The first-order valence-corrected chi connectivity index (χ1v) is 18.2. The van der Waals surface area contributed by atoms with Gasteiger partial charge in [-0.25, -0.2) is 13.6 Å². The van der Waals surface area contributed by atoms with Gasteiger partial charge >= 0.3 is 0 Å². The van der Waals surface area contributed by atoms with E-state index in [1.807, 2.05) is 16.4 Å². The molecule has 1 aromatic heterocycles. The Bertz CT molecular complexity index is 1510. The lowest BCUT2D eigenvalue weighted by Gasteiger charge is -2.43. The van der Waals surface area contributed by atoms with Crippen LogP contribution in [0.4, 0.5) is 5.69 Å². The molecule has 1 aliphatic heterocycles. The lowest BCUT2D eigenvalue weighted by molar-refractivity contribution is 0.184. The van der Waals surface area contributed by atoms with E-state index in [0.29, 0.717) is 18.7 Å². The van der Waals surface area contributed by atoms with E-state index in [1.54, 1.807) is 0 Å². The summed E-state index contributed by atoms with van der Waals surface area (Å²) in [6.45, 7) is 7.80. The van der Waals surface area contributed by atoms with Gasteiger partial charge in [-0.3, -0.25) is 0 Å². The van der Waals surface area contributed by atoms with E-state index in [0.717, 1.165) is 33.2 Å². The van der Waals surface area contributed by atoms with E-state index in [4.69, 9.17) is 9.56 Å². The zero-order valence-electron chi connectivity index (χ0n) is 22.8. The SMILES string of the molecule is CC(C)(C)[Si](OCCc1ccc(N2CC(O)c3cc(S(N)(=O)=O)sc3S2)cc1)(c1ccccc1)c1ccccc1. The molecule has 0 saturated heterocycles. The molecule has 1 atom stereocenters. The molecule has 10 heteroatoms. The third-order valence-electron chi connectivity index (χ3n) is 7.22. The number of nitrogens with two attached hydrogens (primary N) is 1. The number of hydrogen-bond donors (Lipinski definition) is 2. The van der Waals surface area contributed by atoms with Crippen LogP contribution in [0.3, 0.4) is 0 Å². The largest absolute Gasteiger partial charge is 0.407 e. The summed E-state index contributed by atoms with van der Waals surface area (Å²) >= 11 is 2.52. The average molecular weight is 611 g/mol. The van der Waals surface area contributed by atoms with Crippen LogP contribution in [-0.2, 0) is 20.9 Å². The highest BCUT2D eigenvalue weighted by Crippen LogP contribution is 2.45. The molecule has 0 fully saturated rings. The molecule has 1 aliphatic rings. The standard InChI is InChI=1S/C30H34N2O4S3Si/c1-30(2,3)40(24-10-6-4-7-11-24,25-12-8-5-9-13-25)36-19-18-22-14-16-23(17-15-22)32-21-27(33)26-20-28(39(31,34)35)37-29(26)38-32/h4-17,20,27,33H,18-19,21H2,1-3H3,(H2,31,34,35). The summed E-state index contributed by atoms with van der Waals surface area (Å²) in [4.78, 5) is 0.